The lowest BCUT2D eigenvalue weighted by molar-refractivity contribution is -0.128. The zero-order chi connectivity index (χ0) is 56.1. The summed E-state index contributed by atoms with van der Waals surface area (Å²) in [6.45, 7) is 33.1. The summed E-state index contributed by atoms with van der Waals surface area (Å²) in [6.07, 6.45) is 3.35. The Bertz CT molecular complexity index is 3000. The Hall–Kier alpha value is -4.68. The van der Waals surface area contributed by atoms with E-state index in [1.807, 2.05) is 76.2 Å². The predicted octanol–water partition coefficient (Wildman–Crippen LogP) is 13.2. The third-order valence-electron chi connectivity index (χ3n) is 19.6. The highest BCUT2D eigenvalue weighted by molar-refractivity contribution is 7.87. The van der Waals surface area contributed by atoms with Gasteiger partial charge in [0.05, 0.1) is 22.3 Å². The average Bonchev–Trinajstić information content (AvgIpc) is 3.79. The van der Waals surface area contributed by atoms with Crippen LogP contribution in [-0.4, -0.2) is 50.1 Å². The molecule has 0 aromatic heterocycles. The molecule has 5 aliphatic carbocycles. The molecular weight excluding hydrogens is 993 g/mol. The average molecular weight is 1080 g/mol. The molecule has 0 heterocycles. The molecule has 76 heavy (non-hydrogen) atoms. The molecule has 4 atom stereocenters. The third kappa shape index (κ3) is 9.63. The quantitative estimate of drug-likeness (QED) is 0.143. The number of phenols is 2. The van der Waals surface area contributed by atoms with E-state index in [9.17, 15) is 36.6 Å². The lowest BCUT2D eigenvalue weighted by Gasteiger charge is -2.36. The van der Waals surface area contributed by atoms with Gasteiger partial charge in [0.15, 0.2) is 0 Å². The molecule has 412 valence electrons. The minimum Gasteiger partial charge on any atom is -0.507 e. The number of fused-ring (bicyclic) bond motifs is 12. The van der Waals surface area contributed by atoms with Crippen molar-refractivity contribution in [2.24, 2.45) is 33.5 Å². The van der Waals surface area contributed by atoms with Crippen LogP contribution in [0.5, 0.6) is 23.0 Å². The van der Waals surface area contributed by atoms with Crippen molar-refractivity contribution in [2.45, 2.75) is 197 Å². The van der Waals surface area contributed by atoms with Gasteiger partial charge in [0.25, 0.3) is 0 Å². The Morgan fingerprint density at radius 2 is 0.684 bits per heavy atom. The third-order valence-corrected chi connectivity index (χ3v) is 22.1. The lowest BCUT2D eigenvalue weighted by atomic mass is 9.70. The van der Waals surface area contributed by atoms with Gasteiger partial charge in [0.2, 0.25) is 0 Å². The largest absolute Gasteiger partial charge is 0.507 e. The van der Waals surface area contributed by atoms with Gasteiger partial charge in [0.1, 0.15) is 34.6 Å². The molecule has 4 aromatic rings. The number of ketones is 2. The van der Waals surface area contributed by atoms with Crippen molar-refractivity contribution >= 4 is 31.8 Å². The van der Waals surface area contributed by atoms with E-state index in [4.69, 9.17) is 8.37 Å². The Kier molecular flexibility index (Phi) is 13.2. The number of hydrogen-bond acceptors (Lipinski definition) is 10. The Balaban J connectivity index is 1.31. The monoisotopic (exact) mass is 1080 g/mol. The summed E-state index contributed by atoms with van der Waals surface area (Å²) in [5.41, 5.74) is 2.67. The van der Waals surface area contributed by atoms with Crippen LogP contribution in [0.3, 0.4) is 0 Å². The number of Topliss-reactive ketones (excluding diaryl/α,β-unsaturated/α-hetero) is 2. The fourth-order valence-corrected chi connectivity index (χ4v) is 17.6. The number of benzene rings is 4. The molecule has 0 radical (unpaired) electrons. The van der Waals surface area contributed by atoms with Gasteiger partial charge in [-0.2, -0.15) is 16.8 Å². The highest BCUT2D eigenvalue weighted by Crippen LogP contribution is 2.65. The van der Waals surface area contributed by atoms with Crippen LogP contribution < -0.4 is 8.37 Å². The van der Waals surface area contributed by atoms with Gasteiger partial charge in [-0.15, -0.1) is 0 Å². The van der Waals surface area contributed by atoms with E-state index in [2.05, 4.69) is 83.1 Å². The van der Waals surface area contributed by atoms with Crippen LogP contribution >= 0.6 is 0 Å². The van der Waals surface area contributed by atoms with Crippen molar-refractivity contribution in [1.82, 2.24) is 0 Å². The van der Waals surface area contributed by atoms with Crippen LogP contribution in [0.15, 0.2) is 48.5 Å². The van der Waals surface area contributed by atoms with E-state index >= 15 is 0 Å². The van der Waals surface area contributed by atoms with Crippen molar-refractivity contribution in [3.05, 3.63) is 115 Å². The maximum Gasteiger partial charge on any atom is 0.310 e. The lowest BCUT2D eigenvalue weighted by Crippen LogP contribution is -2.43. The van der Waals surface area contributed by atoms with E-state index in [0.717, 1.165) is 35.1 Å². The molecule has 4 saturated carbocycles. The molecule has 0 spiro atoms. The van der Waals surface area contributed by atoms with Crippen LogP contribution in [0.25, 0.3) is 0 Å². The van der Waals surface area contributed by atoms with Gasteiger partial charge in [-0.3, -0.25) is 9.59 Å². The maximum absolute atomic E-state index is 15.0. The standard InChI is InChI=1S/C64H84O10S2/c1-57(2,3)47-25-37-21-41-29-49(59(7,8)9)31-43(55(41)73-75(69,70)35-63-19-17-45(33-51(63)65)61(63,13)14)23-39-27-48(58(4,5)6)28-40(54(39)68)24-44-32-50(60(10,11)12)30-42(22-38(26-47)53(37)67)56(44)74-76(71,72)36-64-20-18-46(34-52(64)66)62(64,15)16/h25-32,45-46,67-68H,17-24,33-36H2,1-16H3/t45-,46-,63-,64-/m1/s1. The normalized spacial score (nSPS) is 24.3. The van der Waals surface area contributed by atoms with E-state index in [-0.39, 0.29) is 72.1 Å². The van der Waals surface area contributed by atoms with Crippen LogP contribution in [0.1, 0.15) is 216 Å². The van der Waals surface area contributed by atoms with Crippen molar-refractivity contribution in [2.75, 3.05) is 11.5 Å². The Labute approximate surface area is 454 Å². The second-order valence-corrected chi connectivity index (χ2v) is 32.3. The number of hydrogen-bond donors (Lipinski definition) is 2. The first-order valence-corrected chi connectivity index (χ1v) is 30.8. The van der Waals surface area contributed by atoms with Crippen molar-refractivity contribution < 1.29 is 45.0 Å². The van der Waals surface area contributed by atoms with Crippen molar-refractivity contribution in [3.63, 3.8) is 0 Å². The summed E-state index contributed by atoms with van der Waals surface area (Å²) in [5.74, 6) is -0.662. The number of rotatable bonds is 8. The first kappa shape index (κ1) is 56.1. The van der Waals surface area contributed by atoms with Crippen LogP contribution in [0.2, 0.25) is 0 Å². The summed E-state index contributed by atoms with van der Waals surface area (Å²) >= 11 is 0. The summed E-state index contributed by atoms with van der Waals surface area (Å²) in [6, 6.07) is 15.7. The zero-order valence-corrected chi connectivity index (χ0v) is 49.9. The number of carbonyl (C=O) groups is 2. The minimum atomic E-state index is -4.46. The topological polar surface area (TPSA) is 161 Å². The van der Waals surface area contributed by atoms with E-state index in [1.165, 1.54) is 0 Å². The van der Waals surface area contributed by atoms with Crippen LogP contribution in [0, 0.1) is 33.5 Å². The molecule has 0 saturated heterocycles. The second-order valence-electron chi connectivity index (χ2n) is 29.1. The van der Waals surface area contributed by atoms with E-state index in [0.29, 0.717) is 70.2 Å². The molecule has 0 amide bonds. The Morgan fingerprint density at radius 3 is 0.882 bits per heavy atom. The smallest absolute Gasteiger partial charge is 0.310 e. The molecule has 10 nitrogen and oxygen atoms in total. The van der Waals surface area contributed by atoms with Gasteiger partial charge in [0, 0.05) is 60.8 Å². The predicted molar refractivity (Wildman–Crippen MR) is 301 cm³/mol. The fourth-order valence-electron chi connectivity index (χ4n) is 14.0. The fraction of sp³-hybridized carbons (Fsp3) is 0.594. The molecule has 12 heteroatoms. The molecule has 5 aliphatic rings. The van der Waals surface area contributed by atoms with E-state index < -0.39 is 75.1 Å². The highest BCUT2D eigenvalue weighted by atomic mass is 32.2. The van der Waals surface area contributed by atoms with Crippen molar-refractivity contribution in [3.8, 4) is 23.0 Å². The number of aromatic hydroxyl groups is 2. The van der Waals surface area contributed by atoms with Gasteiger partial charge < -0.3 is 18.6 Å². The first-order valence-electron chi connectivity index (χ1n) is 27.6. The maximum atomic E-state index is 15.0. The van der Waals surface area contributed by atoms with Crippen molar-refractivity contribution in [1.29, 1.82) is 0 Å². The SMILES string of the molecule is CC(C)(C)c1cc2c(O)c(c1)Cc1cc(C(C)(C)C)cc(c1OS(=O)(=O)C[C@]13CC[C@H](CC1=O)C3(C)C)Cc1cc(C(C)(C)C)cc(c1O)Cc1cc(C(C)(C)C)cc(c1OS(=O)(=O)C[C@]13CC[C@H](CC1=O)C3(C)C)C2. The molecule has 0 unspecified atom stereocenters. The molecule has 2 N–H and O–H groups in total. The Morgan fingerprint density at radius 1 is 0.447 bits per heavy atom. The van der Waals surface area contributed by atoms with Gasteiger partial charge >= 0.3 is 20.2 Å². The highest BCUT2D eigenvalue weighted by Gasteiger charge is 2.67. The number of carbonyl (C=O) groups excluding carboxylic acids is 2. The van der Waals surface area contributed by atoms with Gasteiger partial charge in [-0.1, -0.05) is 159 Å². The molecule has 4 fully saturated rings. The van der Waals surface area contributed by atoms with Crippen LogP contribution in [-0.2, 0) is 77.2 Å². The summed E-state index contributed by atoms with van der Waals surface area (Å²) in [4.78, 5) is 27.7. The number of phenolic OH excluding ortho intramolecular Hbond substituents is 2. The molecule has 0 aliphatic heterocycles. The molecule has 9 rings (SSSR count). The molecule has 4 aromatic carbocycles. The molecule has 12 bridgehead atoms. The summed E-state index contributed by atoms with van der Waals surface area (Å²) in [7, 11) is -8.93. The summed E-state index contributed by atoms with van der Waals surface area (Å²) < 4.78 is 73.0. The van der Waals surface area contributed by atoms with Crippen LogP contribution in [0.4, 0.5) is 0 Å². The minimum absolute atomic E-state index is 0.0332. The van der Waals surface area contributed by atoms with E-state index in [1.54, 1.807) is 0 Å². The summed E-state index contributed by atoms with van der Waals surface area (Å²) in [5, 5.41) is 25.7. The zero-order valence-electron chi connectivity index (χ0n) is 48.2. The molecular formula is C64H84O10S2. The first-order chi connectivity index (χ1) is 34.7. The van der Waals surface area contributed by atoms with Gasteiger partial charge in [-0.25, -0.2) is 0 Å². The second kappa shape index (κ2) is 17.9. The van der Waals surface area contributed by atoms with Gasteiger partial charge in [-0.05, 0) is 115 Å².